The van der Waals surface area contributed by atoms with Crippen molar-refractivity contribution < 1.29 is 14.3 Å². The normalized spacial score (nSPS) is 20.9. The first-order valence-electron chi connectivity index (χ1n) is 11.6. The largest absolute Gasteiger partial charge is 0.496 e. The Morgan fingerprint density at radius 1 is 1.11 bits per heavy atom. The molecule has 0 unspecified atom stereocenters. The van der Waals surface area contributed by atoms with Gasteiger partial charge in [0, 0.05) is 30.3 Å². The molecule has 1 aliphatic carbocycles. The van der Waals surface area contributed by atoms with Crippen LogP contribution in [0.5, 0.6) is 5.75 Å². The number of allylic oxidation sites excluding steroid dienone is 2. The maximum atomic E-state index is 13.0. The minimum atomic E-state index is -1.82. The van der Waals surface area contributed by atoms with Gasteiger partial charge >= 0.3 is 6.09 Å². The van der Waals surface area contributed by atoms with Crippen molar-refractivity contribution >= 4 is 16.9 Å². The fourth-order valence-electron chi connectivity index (χ4n) is 5.24. The molecule has 4 rings (SSSR count). The van der Waals surface area contributed by atoms with E-state index in [1.54, 1.807) is 40.0 Å². The van der Waals surface area contributed by atoms with Gasteiger partial charge in [0.25, 0.3) is 0 Å². The number of rotatable bonds is 2. The highest BCUT2D eigenvalue weighted by atomic mass is 16.6. The molecule has 0 radical (unpaired) electrons. The van der Waals surface area contributed by atoms with Crippen LogP contribution >= 0.6 is 0 Å². The second-order valence-electron chi connectivity index (χ2n) is 9.96. The molecular formula is C28H27N5O3. The van der Waals surface area contributed by atoms with E-state index >= 15 is 0 Å². The predicted molar refractivity (Wildman–Crippen MR) is 133 cm³/mol. The number of ether oxygens (including phenoxy) is 2. The van der Waals surface area contributed by atoms with Crippen LogP contribution in [-0.2, 0) is 4.74 Å². The molecule has 2 aliphatic rings. The van der Waals surface area contributed by atoms with Crippen LogP contribution in [0.3, 0.4) is 0 Å². The van der Waals surface area contributed by atoms with Gasteiger partial charge in [0.15, 0.2) is 5.41 Å². The highest BCUT2D eigenvalue weighted by Crippen LogP contribution is 2.55. The minimum Gasteiger partial charge on any atom is -0.496 e. The monoisotopic (exact) mass is 481 g/mol. The van der Waals surface area contributed by atoms with Gasteiger partial charge in [-0.15, -0.1) is 0 Å². The molecule has 2 aromatic carbocycles. The highest BCUT2D eigenvalue weighted by Gasteiger charge is 2.55. The lowest BCUT2D eigenvalue weighted by atomic mass is 9.57. The third-order valence-corrected chi connectivity index (χ3v) is 6.79. The quantitative estimate of drug-likeness (QED) is 0.666. The van der Waals surface area contributed by atoms with Gasteiger partial charge in [-0.25, -0.2) is 4.79 Å². The van der Waals surface area contributed by atoms with Crippen molar-refractivity contribution in [3.8, 4) is 24.0 Å². The molecule has 2 atom stereocenters. The third kappa shape index (κ3) is 3.80. The number of carbonyl (C=O) groups excluding carboxylic acids is 1. The van der Waals surface area contributed by atoms with Gasteiger partial charge < -0.3 is 20.1 Å². The SMILES string of the molecule is COc1ccc([C@H]2[C@@H]3CN(C(=O)OC(C)(C)C)CC=C3C(C#N)=C(N)C2(C#N)C#N)c2ccccc12. The summed E-state index contributed by atoms with van der Waals surface area (Å²) in [4.78, 5) is 14.5. The van der Waals surface area contributed by atoms with Gasteiger partial charge in [-0.1, -0.05) is 36.4 Å². The molecule has 2 N–H and O–H groups in total. The average molecular weight is 482 g/mol. The van der Waals surface area contributed by atoms with E-state index in [4.69, 9.17) is 15.2 Å². The lowest BCUT2D eigenvalue weighted by Gasteiger charge is -2.45. The number of fused-ring (bicyclic) bond motifs is 2. The molecule has 0 saturated heterocycles. The summed E-state index contributed by atoms with van der Waals surface area (Å²) in [6, 6.07) is 17.6. The zero-order valence-electron chi connectivity index (χ0n) is 20.7. The molecule has 1 amide bonds. The van der Waals surface area contributed by atoms with Crippen LogP contribution in [0.15, 0.2) is 59.3 Å². The molecule has 1 aliphatic heterocycles. The van der Waals surface area contributed by atoms with Gasteiger partial charge in [-0.3, -0.25) is 0 Å². The Hall–Kier alpha value is -4.48. The average Bonchev–Trinajstić information content (AvgIpc) is 2.86. The van der Waals surface area contributed by atoms with Crippen molar-refractivity contribution in [1.29, 1.82) is 15.8 Å². The number of carbonyl (C=O) groups is 1. The molecule has 2 aromatic rings. The molecule has 0 aromatic heterocycles. The molecule has 8 nitrogen and oxygen atoms in total. The second kappa shape index (κ2) is 8.95. The van der Waals surface area contributed by atoms with E-state index in [0.29, 0.717) is 11.3 Å². The van der Waals surface area contributed by atoms with E-state index in [1.807, 2.05) is 30.3 Å². The number of amides is 1. The van der Waals surface area contributed by atoms with E-state index in [0.717, 1.165) is 16.3 Å². The standard InChI is InChI=1S/C28H27N5O3/c1-27(2,3)36-26(34)33-12-11-18-21(13-29)25(32)28(15-30,16-31)24(22(18)14-33)20-9-10-23(35-4)19-8-6-5-7-17(19)20/h5-11,22,24H,12,14,32H2,1-4H3/t22-,24+/m1/s1. The van der Waals surface area contributed by atoms with Crippen molar-refractivity contribution in [2.75, 3.05) is 20.2 Å². The van der Waals surface area contributed by atoms with E-state index in [1.165, 1.54) is 4.90 Å². The lowest BCUT2D eigenvalue weighted by molar-refractivity contribution is 0.0225. The predicted octanol–water partition coefficient (Wildman–Crippen LogP) is 4.51. The zero-order valence-corrected chi connectivity index (χ0v) is 20.7. The summed E-state index contributed by atoms with van der Waals surface area (Å²) < 4.78 is 11.1. The number of nitrogens with two attached hydrogens (primary N) is 1. The minimum absolute atomic E-state index is 0.0619. The highest BCUT2D eigenvalue weighted by molar-refractivity contribution is 5.92. The van der Waals surface area contributed by atoms with Crippen LogP contribution in [0.2, 0.25) is 0 Å². The van der Waals surface area contributed by atoms with E-state index in [-0.39, 0.29) is 24.4 Å². The second-order valence-corrected chi connectivity index (χ2v) is 9.96. The summed E-state index contributed by atoms with van der Waals surface area (Å²) in [6.45, 7) is 5.75. The molecule has 0 bridgehead atoms. The number of hydrogen-bond donors (Lipinski definition) is 1. The Morgan fingerprint density at radius 3 is 2.36 bits per heavy atom. The van der Waals surface area contributed by atoms with Crippen molar-refractivity contribution in [2.24, 2.45) is 17.1 Å². The smallest absolute Gasteiger partial charge is 0.410 e. The molecule has 36 heavy (non-hydrogen) atoms. The number of hydrogen-bond acceptors (Lipinski definition) is 7. The van der Waals surface area contributed by atoms with Gasteiger partial charge in [0.1, 0.15) is 17.4 Å². The summed E-state index contributed by atoms with van der Waals surface area (Å²) >= 11 is 0. The Kier molecular flexibility index (Phi) is 6.12. The molecule has 1 heterocycles. The molecule has 0 fully saturated rings. The van der Waals surface area contributed by atoms with Crippen LogP contribution in [-0.4, -0.2) is 36.8 Å². The number of nitrogens with zero attached hydrogens (tertiary/aromatic N) is 4. The summed E-state index contributed by atoms with van der Waals surface area (Å²) in [7, 11) is 1.58. The zero-order chi connectivity index (χ0) is 26.3. The Labute approximate surface area is 210 Å². The van der Waals surface area contributed by atoms with E-state index < -0.39 is 28.9 Å². The van der Waals surface area contributed by atoms with Crippen LogP contribution in [0, 0.1) is 45.3 Å². The number of benzene rings is 2. The molecule has 8 heteroatoms. The molecule has 0 spiro atoms. The summed E-state index contributed by atoms with van der Waals surface area (Å²) in [5.74, 6) is -0.637. The van der Waals surface area contributed by atoms with Crippen molar-refractivity contribution in [3.05, 3.63) is 64.9 Å². The van der Waals surface area contributed by atoms with Crippen LogP contribution in [0.1, 0.15) is 32.3 Å². The topological polar surface area (TPSA) is 136 Å². The molecule has 0 saturated carbocycles. The van der Waals surface area contributed by atoms with Crippen molar-refractivity contribution in [3.63, 3.8) is 0 Å². The van der Waals surface area contributed by atoms with E-state index in [9.17, 15) is 20.6 Å². The Balaban J connectivity index is 1.98. The lowest BCUT2D eigenvalue weighted by Crippen LogP contribution is -2.50. The van der Waals surface area contributed by atoms with Crippen molar-refractivity contribution in [2.45, 2.75) is 32.3 Å². The van der Waals surface area contributed by atoms with Crippen LogP contribution < -0.4 is 10.5 Å². The van der Waals surface area contributed by atoms with Crippen LogP contribution in [0.25, 0.3) is 10.8 Å². The fourth-order valence-corrected chi connectivity index (χ4v) is 5.24. The van der Waals surface area contributed by atoms with Gasteiger partial charge in [-0.05, 0) is 43.4 Å². The number of nitriles is 3. The van der Waals surface area contributed by atoms with Gasteiger partial charge in [0.05, 0.1) is 30.5 Å². The Bertz CT molecular complexity index is 1410. The molecule has 182 valence electrons. The maximum Gasteiger partial charge on any atom is 0.410 e. The first-order valence-corrected chi connectivity index (χ1v) is 11.6. The summed E-state index contributed by atoms with van der Waals surface area (Å²) in [6.07, 6.45) is 1.28. The van der Waals surface area contributed by atoms with Gasteiger partial charge in [-0.2, -0.15) is 15.8 Å². The summed E-state index contributed by atoms with van der Waals surface area (Å²) in [5, 5.41) is 32.4. The molecular weight excluding hydrogens is 454 g/mol. The van der Waals surface area contributed by atoms with Crippen LogP contribution in [0.4, 0.5) is 4.79 Å². The van der Waals surface area contributed by atoms with Gasteiger partial charge in [0.2, 0.25) is 0 Å². The van der Waals surface area contributed by atoms with E-state index in [2.05, 4.69) is 18.2 Å². The van der Waals surface area contributed by atoms with Crippen molar-refractivity contribution in [1.82, 2.24) is 4.90 Å². The number of methoxy groups -OCH3 is 1. The fraction of sp³-hybridized carbons (Fsp3) is 0.357. The summed E-state index contributed by atoms with van der Waals surface area (Å²) in [5.41, 5.74) is 5.36. The Morgan fingerprint density at radius 2 is 1.78 bits per heavy atom. The first-order chi connectivity index (χ1) is 17.1. The first kappa shape index (κ1) is 24.6. The maximum absolute atomic E-state index is 13.0. The third-order valence-electron chi connectivity index (χ3n) is 6.79.